The molecule has 0 aliphatic heterocycles. The summed E-state index contributed by atoms with van der Waals surface area (Å²) in [6.07, 6.45) is 21.8. The van der Waals surface area contributed by atoms with E-state index in [1.807, 2.05) is 0 Å². The third-order valence-electron chi connectivity index (χ3n) is 14.5. The quantitative estimate of drug-likeness (QED) is 0.445. The topological polar surface area (TPSA) is 58.2 Å². The molecule has 2 N–H and O–H groups in total. The van der Waals surface area contributed by atoms with Gasteiger partial charge in [-0.1, -0.05) is 13.8 Å². The first-order chi connectivity index (χ1) is 18.0. The highest BCUT2D eigenvalue weighted by molar-refractivity contribution is 5.89. The number of hydrogen-bond acceptors (Lipinski definition) is 2. The van der Waals surface area contributed by atoms with Crippen LogP contribution in [-0.2, 0) is 9.59 Å². The van der Waals surface area contributed by atoms with E-state index in [2.05, 4.69) is 24.5 Å². The molecule has 12 aliphatic rings. The summed E-state index contributed by atoms with van der Waals surface area (Å²) in [6.45, 7) is 5.00. The maximum atomic E-state index is 14.5. The van der Waals surface area contributed by atoms with Gasteiger partial charge in [-0.2, -0.15) is 0 Å². The molecule has 0 saturated heterocycles. The molecule has 0 aromatic carbocycles. The Morgan fingerprint density at radius 3 is 1.11 bits per heavy atom. The molecule has 12 bridgehead atoms. The minimum absolute atomic E-state index is 0.0450. The van der Waals surface area contributed by atoms with E-state index in [0.717, 1.165) is 55.8 Å². The smallest absolute Gasteiger partial charge is 0.226 e. The highest BCUT2D eigenvalue weighted by Gasteiger charge is 2.66. The first kappa shape index (κ1) is 23.6. The first-order valence-corrected chi connectivity index (χ1v) is 16.6. The van der Waals surface area contributed by atoms with Crippen molar-refractivity contribution in [3.05, 3.63) is 0 Å². The Labute approximate surface area is 229 Å². The summed E-state index contributed by atoms with van der Waals surface area (Å²) in [5.74, 6) is 5.11. The van der Waals surface area contributed by atoms with E-state index in [0.29, 0.717) is 34.5 Å². The van der Waals surface area contributed by atoms with E-state index < -0.39 is 0 Å². The van der Waals surface area contributed by atoms with Crippen LogP contribution in [0.1, 0.15) is 129 Å². The van der Waals surface area contributed by atoms with Gasteiger partial charge in [0.1, 0.15) is 0 Å². The Morgan fingerprint density at radius 1 is 0.474 bits per heavy atom. The van der Waals surface area contributed by atoms with Gasteiger partial charge in [-0.15, -0.1) is 0 Å². The van der Waals surface area contributed by atoms with Crippen LogP contribution in [0.25, 0.3) is 0 Å². The second-order valence-corrected chi connectivity index (χ2v) is 18.5. The fourth-order valence-electron chi connectivity index (χ4n) is 15.3. The Morgan fingerprint density at radius 2 is 0.789 bits per heavy atom. The van der Waals surface area contributed by atoms with Crippen molar-refractivity contribution in [2.75, 3.05) is 0 Å². The van der Waals surface area contributed by atoms with Crippen LogP contribution in [-0.4, -0.2) is 22.9 Å². The normalized spacial score (nSPS) is 60.4. The molecule has 0 spiro atoms. The van der Waals surface area contributed by atoms with Gasteiger partial charge in [0, 0.05) is 11.1 Å². The van der Waals surface area contributed by atoms with Gasteiger partial charge < -0.3 is 10.6 Å². The molecule has 12 saturated carbocycles. The molecule has 0 radical (unpaired) electrons. The molecule has 4 unspecified atom stereocenters. The second-order valence-electron chi connectivity index (χ2n) is 18.5. The number of rotatable bonds is 4. The number of amides is 2. The number of hydrogen-bond donors (Lipinski definition) is 2. The standard InChI is InChI=1S/C34H50N2O2/c1-29-6-21-3-22(7-29)15-33(14-21,18-29)35-27(37)31-10-25-5-26(11-31)13-32(12-25,20-31)28(38)36-34-16-23-4-24(17-34)9-30(2,8-23)19-34/h21-26H,3-20H2,1-2H3,(H,35,37)(H,36,38). The Bertz CT molecular complexity index is 984. The molecule has 38 heavy (non-hydrogen) atoms. The highest BCUT2D eigenvalue weighted by Crippen LogP contribution is 2.68. The molecule has 0 heterocycles. The average Bonchev–Trinajstić information content (AvgIpc) is 2.74. The van der Waals surface area contributed by atoms with Crippen LogP contribution < -0.4 is 10.6 Å². The maximum absolute atomic E-state index is 14.5. The summed E-state index contributed by atoms with van der Waals surface area (Å²) >= 11 is 0. The second kappa shape index (κ2) is 7.04. The summed E-state index contributed by atoms with van der Waals surface area (Å²) in [7, 11) is 0. The predicted molar refractivity (Wildman–Crippen MR) is 147 cm³/mol. The molecule has 2 amide bonds. The monoisotopic (exact) mass is 518 g/mol. The number of carbonyl (C=O) groups excluding carboxylic acids is 2. The minimum atomic E-state index is -0.293. The van der Waals surface area contributed by atoms with Crippen LogP contribution in [0.2, 0.25) is 0 Å². The van der Waals surface area contributed by atoms with Gasteiger partial charge in [0.2, 0.25) is 11.8 Å². The highest BCUT2D eigenvalue weighted by atomic mass is 16.2. The molecule has 4 nitrogen and oxygen atoms in total. The van der Waals surface area contributed by atoms with Crippen LogP contribution >= 0.6 is 0 Å². The SMILES string of the molecule is CC12CC3CC(C1)CC(NC(=O)C14CC5CC(C1)CC(C(=O)NC16CC7CC(CC(C)(C7)C1)C6)(C5)C4)(C3)C2. The van der Waals surface area contributed by atoms with E-state index in [9.17, 15) is 9.59 Å². The van der Waals surface area contributed by atoms with Gasteiger partial charge >= 0.3 is 0 Å². The summed E-state index contributed by atoms with van der Waals surface area (Å²) in [5.41, 5.74) is 0.383. The van der Waals surface area contributed by atoms with Gasteiger partial charge in [0.15, 0.2) is 0 Å². The molecule has 0 aromatic rings. The molecule has 208 valence electrons. The van der Waals surface area contributed by atoms with Crippen LogP contribution in [0.5, 0.6) is 0 Å². The average molecular weight is 519 g/mol. The molecular weight excluding hydrogens is 468 g/mol. The maximum Gasteiger partial charge on any atom is 0.226 e. The molecule has 12 rings (SSSR count). The van der Waals surface area contributed by atoms with Crippen LogP contribution in [0.4, 0.5) is 0 Å². The van der Waals surface area contributed by atoms with E-state index in [-0.39, 0.29) is 21.9 Å². The van der Waals surface area contributed by atoms with Gasteiger partial charge in [-0.25, -0.2) is 0 Å². The van der Waals surface area contributed by atoms with Gasteiger partial charge in [-0.05, 0) is 162 Å². The largest absolute Gasteiger partial charge is 0.350 e. The molecule has 4 atom stereocenters. The zero-order valence-corrected chi connectivity index (χ0v) is 24.0. The van der Waals surface area contributed by atoms with Crippen molar-refractivity contribution in [3.8, 4) is 0 Å². The van der Waals surface area contributed by atoms with E-state index in [1.165, 1.54) is 83.5 Å². The Balaban J connectivity index is 0.982. The van der Waals surface area contributed by atoms with Crippen LogP contribution in [0, 0.1) is 57.2 Å². The summed E-state index contributed by atoms with van der Waals surface area (Å²) < 4.78 is 0. The molecule has 12 fully saturated rings. The Hall–Kier alpha value is -1.06. The van der Waals surface area contributed by atoms with Crippen LogP contribution in [0.3, 0.4) is 0 Å². The number of carbonyl (C=O) groups is 2. The Kier molecular flexibility index (Phi) is 4.38. The van der Waals surface area contributed by atoms with Gasteiger partial charge in [0.25, 0.3) is 0 Å². The van der Waals surface area contributed by atoms with Crippen molar-refractivity contribution < 1.29 is 9.59 Å². The van der Waals surface area contributed by atoms with E-state index >= 15 is 0 Å². The molecular formula is C34H50N2O2. The lowest BCUT2D eigenvalue weighted by molar-refractivity contribution is -0.174. The molecule has 4 heteroatoms. The minimum Gasteiger partial charge on any atom is -0.350 e. The third kappa shape index (κ3) is 3.27. The van der Waals surface area contributed by atoms with Crippen molar-refractivity contribution in [2.45, 2.75) is 141 Å². The van der Waals surface area contributed by atoms with Crippen LogP contribution in [0.15, 0.2) is 0 Å². The van der Waals surface area contributed by atoms with Crippen molar-refractivity contribution >= 4 is 11.8 Å². The number of nitrogens with one attached hydrogen (secondary N) is 2. The lowest BCUT2D eigenvalue weighted by Gasteiger charge is -2.65. The summed E-state index contributed by atoms with van der Waals surface area (Å²) in [6, 6.07) is 0. The zero-order valence-electron chi connectivity index (χ0n) is 24.0. The lowest BCUT2D eigenvalue weighted by atomic mass is 9.43. The van der Waals surface area contributed by atoms with Crippen molar-refractivity contribution in [2.24, 2.45) is 57.2 Å². The van der Waals surface area contributed by atoms with Crippen molar-refractivity contribution in [1.82, 2.24) is 10.6 Å². The summed E-state index contributed by atoms with van der Waals surface area (Å²) in [4.78, 5) is 28.9. The third-order valence-corrected chi connectivity index (χ3v) is 14.5. The predicted octanol–water partition coefficient (Wildman–Crippen LogP) is 6.52. The van der Waals surface area contributed by atoms with E-state index in [1.54, 1.807) is 0 Å². The molecule has 12 aliphatic carbocycles. The lowest BCUT2D eigenvalue weighted by Crippen LogP contribution is -2.69. The van der Waals surface area contributed by atoms with E-state index in [4.69, 9.17) is 0 Å². The fourth-order valence-corrected chi connectivity index (χ4v) is 15.3. The van der Waals surface area contributed by atoms with Crippen molar-refractivity contribution in [1.29, 1.82) is 0 Å². The first-order valence-electron chi connectivity index (χ1n) is 16.6. The fraction of sp³-hybridized carbons (Fsp3) is 0.941. The van der Waals surface area contributed by atoms with Gasteiger partial charge in [0.05, 0.1) is 10.8 Å². The summed E-state index contributed by atoms with van der Waals surface area (Å²) in [5, 5.41) is 7.65. The zero-order chi connectivity index (χ0) is 25.8. The van der Waals surface area contributed by atoms with Gasteiger partial charge in [-0.3, -0.25) is 9.59 Å². The van der Waals surface area contributed by atoms with Crippen molar-refractivity contribution in [3.63, 3.8) is 0 Å². The molecule has 0 aromatic heterocycles.